The van der Waals surface area contributed by atoms with Crippen LogP contribution in [0.15, 0.2) is 42.5 Å². The summed E-state index contributed by atoms with van der Waals surface area (Å²) < 4.78 is 11.5. The molecule has 0 saturated carbocycles. The Bertz CT molecular complexity index is 578. The summed E-state index contributed by atoms with van der Waals surface area (Å²) in [4.78, 5) is 0. The fourth-order valence-electron chi connectivity index (χ4n) is 2.23. The molecule has 0 radical (unpaired) electrons. The molecule has 22 heavy (non-hydrogen) atoms. The normalized spacial score (nSPS) is 10.5. The molecule has 2 aromatic carbocycles. The molecular weight excluding hydrogens is 274 g/mol. The highest BCUT2D eigenvalue weighted by molar-refractivity contribution is 5.38. The van der Waals surface area contributed by atoms with E-state index >= 15 is 0 Å². The van der Waals surface area contributed by atoms with E-state index in [4.69, 9.17) is 15.2 Å². The van der Waals surface area contributed by atoms with Gasteiger partial charge in [-0.2, -0.15) is 0 Å². The molecule has 2 N–H and O–H groups in total. The number of hydrogen-bond donors (Lipinski definition) is 1. The van der Waals surface area contributed by atoms with Gasteiger partial charge in [0, 0.05) is 6.42 Å². The monoisotopic (exact) mass is 299 g/mol. The number of ether oxygens (including phenoxy) is 2. The molecule has 0 spiro atoms. The molecule has 0 amide bonds. The zero-order valence-corrected chi connectivity index (χ0v) is 13.5. The maximum atomic E-state index is 5.81. The van der Waals surface area contributed by atoms with Gasteiger partial charge in [0.15, 0.2) is 0 Å². The van der Waals surface area contributed by atoms with Gasteiger partial charge in [0.25, 0.3) is 0 Å². The largest absolute Gasteiger partial charge is 0.493 e. The Labute approximate surface area is 133 Å². The second-order valence-electron chi connectivity index (χ2n) is 5.43. The number of aryl methyl sites for hydroxylation is 1. The highest BCUT2D eigenvalue weighted by Crippen LogP contribution is 2.20. The van der Waals surface area contributed by atoms with Crippen LogP contribution in [-0.2, 0) is 6.42 Å². The molecule has 0 bridgehead atoms. The second kappa shape index (κ2) is 8.44. The van der Waals surface area contributed by atoms with E-state index in [1.165, 1.54) is 16.7 Å². The first-order chi connectivity index (χ1) is 10.7. The molecule has 0 atom stereocenters. The number of nitrogens with two attached hydrogens (primary N) is 1. The standard InChI is InChI=1S/C19H25NO2/c1-15-5-3-6-19(16(15)2)22-14-4-13-21-18-9-7-17(8-10-18)11-12-20/h3,5-10H,4,11-14,20H2,1-2H3. The zero-order valence-electron chi connectivity index (χ0n) is 13.5. The SMILES string of the molecule is Cc1cccc(OCCCOc2ccc(CCN)cc2)c1C. The molecule has 0 aromatic heterocycles. The van der Waals surface area contributed by atoms with Crippen molar-refractivity contribution in [1.29, 1.82) is 0 Å². The minimum Gasteiger partial charge on any atom is -0.493 e. The molecule has 0 aliphatic rings. The lowest BCUT2D eigenvalue weighted by Gasteiger charge is -2.11. The van der Waals surface area contributed by atoms with E-state index in [2.05, 4.69) is 32.0 Å². The fraction of sp³-hybridized carbons (Fsp3) is 0.368. The Kier molecular flexibility index (Phi) is 6.28. The number of rotatable bonds is 8. The number of hydrogen-bond acceptors (Lipinski definition) is 3. The summed E-state index contributed by atoms with van der Waals surface area (Å²) >= 11 is 0. The van der Waals surface area contributed by atoms with Gasteiger partial charge in [0.05, 0.1) is 13.2 Å². The first-order valence-corrected chi connectivity index (χ1v) is 7.81. The molecule has 0 aliphatic carbocycles. The third kappa shape index (κ3) is 4.78. The van der Waals surface area contributed by atoms with Crippen molar-refractivity contribution in [3.63, 3.8) is 0 Å². The minimum absolute atomic E-state index is 0.654. The van der Waals surface area contributed by atoms with Crippen molar-refractivity contribution in [2.24, 2.45) is 5.73 Å². The molecule has 0 fully saturated rings. The Morgan fingerprint density at radius 3 is 2.36 bits per heavy atom. The van der Waals surface area contributed by atoms with Gasteiger partial charge in [-0.3, -0.25) is 0 Å². The van der Waals surface area contributed by atoms with E-state index in [0.717, 1.165) is 24.3 Å². The minimum atomic E-state index is 0.654. The second-order valence-corrected chi connectivity index (χ2v) is 5.43. The van der Waals surface area contributed by atoms with Crippen LogP contribution in [0.5, 0.6) is 11.5 Å². The summed E-state index contributed by atoms with van der Waals surface area (Å²) in [7, 11) is 0. The van der Waals surface area contributed by atoms with E-state index in [1.807, 2.05) is 24.3 Å². The van der Waals surface area contributed by atoms with Gasteiger partial charge in [0.2, 0.25) is 0 Å². The summed E-state index contributed by atoms with van der Waals surface area (Å²) in [5, 5.41) is 0. The van der Waals surface area contributed by atoms with Gasteiger partial charge in [-0.05, 0) is 61.7 Å². The smallest absolute Gasteiger partial charge is 0.122 e. The molecule has 2 rings (SSSR count). The lowest BCUT2D eigenvalue weighted by Crippen LogP contribution is -2.06. The molecular formula is C19H25NO2. The van der Waals surface area contributed by atoms with Crippen molar-refractivity contribution < 1.29 is 9.47 Å². The van der Waals surface area contributed by atoms with Gasteiger partial charge >= 0.3 is 0 Å². The van der Waals surface area contributed by atoms with Gasteiger partial charge in [-0.25, -0.2) is 0 Å². The summed E-state index contributed by atoms with van der Waals surface area (Å²) in [5.41, 5.74) is 9.24. The van der Waals surface area contributed by atoms with Gasteiger partial charge < -0.3 is 15.2 Å². The summed E-state index contributed by atoms with van der Waals surface area (Å²) in [6.45, 7) is 6.18. The summed E-state index contributed by atoms with van der Waals surface area (Å²) in [6.07, 6.45) is 1.77. The van der Waals surface area contributed by atoms with Crippen LogP contribution in [-0.4, -0.2) is 19.8 Å². The van der Waals surface area contributed by atoms with Crippen molar-refractivity contribution in [2.45, 2.75) is 26.7 Å². The van der Waals surface area contributed by atoms with Crippen molar-refractivity contribution in [3.8, 4) is 11.5 Å². The molecule has 118 valence electrons. The van der Waals surface area contributed by atoms with Crippen LogP contribution >= 0.6 is 0 Å². The third-order valence-electron chi connectivity index (χ3n) is 3.73. The molecule has 0 heterocycles. The first kappa shape index (κ1) is 16.4. The average molecular weight is 299 g/mol. The average Bonchev–Trinajstić information content (AvgIpc) is 2.53. The molecule has 0 unspecified atom stereocenters. The molecule has 0 aliphatic heterocycles. The first-order valence-electron chi connectivity index (χ1n) is 7.81. The highest BCUT2D eigenvalue weighted by Gasteiger charge is 2.01. The van der Waals surface area contributed by atoms with Crippen molar-refractivity contribution >= 4 is 0 Å². The van der Waals surface area contributed by atoms with Crippen LogP contribution in [0, 0.1) is 13.8 Å². The Hall–Kier alpha value is -2.00. The van der Waals surface area contributed by atoms with Crippen molar-refractivity contribution in [2.75, 3.05) is 19.8 Å². The van der Waals surface area contributed by atoms with Crippen LogP contribution in [0.25, 0.3) is 0 Å². The fourth-order valence-corrected chi connectivity index (χ4v) is 2.23. The number of benzene rings is 2. The zero-order chi connectivity index (χ0) is 15.8. The lowest BCUT2D eigenvalue weighted by atomic mass is 10.1. The van der Waals surface area contributed by atoms with Crippen molar-refractivity contribution in [1.82, 2.24) is 0 Å². The van der Waals surface area contributed by atoms with E-state index in [1.54, 1.807) is 0 Å². The van der Waals surface area contributed by atoms with Crippen molar-refractivity contribution in [3.05, 3.63) is 59.2 Å². The molecule has 2 aromatic rings. The van der Waals surface area contributed by atoms with Crippen LogP contribution in [0.3, 0.4) is 0 Å². The molecule has 3 heteroatoms. The Balaban J connectivity index is 1.70. The van der Waals surface area contributed by atoms with E-state index in [9.17, 15) is 0 Å². The summed E-state index contributed by atoms with van der Waals surface area (Å²) in [6, 6.07) is 14.3. The molecule has 3 nitrogen and oxygen atoms in total. The van der Waals surface area contributed by atoms with E-state index < -0.39 is 0 Å². The quantitative estimate of drug-likeness (QED) is 0.757. The van der Waals surface area contributed by atoms with Crippen LogP contribution in [0.4, 0.5) is 0 Å². The van der Waals surface area contributed by atoms with E-state index in [-0.39, 0.29) is 0 Å². The van der Waals surface area contributed by atoms with Crippen LogP contribution in [0.2, 0.25) is 0 Å². The van der Waals surface area contributed by atoms with Crippen LogP contribution < -0.4 is 15.2 Å². The van der Waals surface area contributed by atoms with E-state index in [0.29, 0.717) is 19.8 Å². The maximum Gasteiger partial charge on any atom is 0.122 e. The summed E-state index contributed by atoms with van der Waals surface area (Å²) in [5.74, 6) is 1.86. The molecule has 0 saturated heterocycles. The van der Waals surface area contributed by atoms with Gasteiger partial charge in [-0.1, -0.05) is 24.3 Å². The van der Waals surface area contributed by atoms with Gasteiger partial charge in [-0.15, -0.1) is 0 Å². The van der Waals surface area contributed by atoms with Crippen LogP contribution in [0.1, 0.15) is 23.1 Å². The Morgan fingerprint density at radius 1 is 0.909 bits per heavy atom. The lowest BCUT2D eigenvalue weighted by molar-refractivity contribution is 0.246. The highest BCUT2D eigenvalue weighted by atomic mass is 16.5. The third-order valence-corrected chi connectivity index (χ3v) is 3.73. The topological polar surface area (TPSA) is 44.5 Å². The maximum absolute atomic E-state index is 5.81. The predicted octanol–water partition coefficient (Wildman–Crippen LogP) is 3.65. The predicted molar refractivity (Wildman–Crippen MR) is 90.7 cm³/mol. The Morgan fingerprint density at radius 2 is 1.64 bits per heavy atom. The van der Waals surface area contributed by atoms with Gasteiger partial charge in [0.1, 0.15) is 11.5 Å².